The third kappa shape index (κ3) is 5.35. The largest absolute Gasteiger partial charge is 0.305 e. The molecule has 0 radical (unpaired) electrons. The lowest BCUT2D eigenvalue weighted by molar-refractivity contribution is -0.113. The third-order valence-electron chi connectivity index (χ3n) is 1.95. The minimum atomic E-state index is -1.81. The fourth-order valence-electron chi connectivity index (χ4n) is 1.09. The van der Waals surface area contributed by atoms with Crippen LogP contribution < -0.4 is 0 Å². The minimum Gasteiger partial charge on any atom is -0.305 e. The maximum Gasteiger partial charge on any atom is 0.228 e. The van der Waals surface area contributed by atoms with Crippen molar-refractivity contribution in [1.82, 2.24) is 0 Å². The van der Waals surface area contributed by atoms with Gasteiger partial charge in [-0.15, -0.1) is 0 Å². The number of halogens is 3. The number of carbonyl (C=O) groups excluding carboxylic acids is 1. The van der Waals surface area contributed by atoms with Crippen LogP contribution in [0.15, 0.2) is 36.4 Å². The minimum absolute atomic E-state index is 0.195. The molecular formula is C12H10Cl3NO. The Morgan fingerprint density at radius 3 is 2.35 bits per heavy atom. The van der Waals surface area contributed by atoms with Gasteiger partial charge in [0.2, 0.25) is 3.79 Å². The van der Waals surface area contributed by atoms with Crippen molar-refractivity contribution < 1.29 is 4.79 Å². The monoisotopic (exact) mass is 289 g/mol. The molecule has 0 spiro atoms. The first-order chi connectivity index (χ1) is 7.89. The summed E-state index contributed by atoms with van der Waals surface area (Å²) in [6, 6.07) is 9.35. The maximum absolute atomic E-state index is 11.5. The number of alkyl halides is 3. The van der Waals surface area contributed by atoms with Crippen LogP contribution in [0.25, 0.3) is 6.08 Å². The highest BCUT2D eigenvalue weighted by atomic mass is 35.6. The van der Waals surface area contributed by atoms with Crippen LogP contribution in [0.1, 0.15) is 12.0 Å². The van der Waals surface area contributed by atoms with Crippen molar-refractivity contribution >= 4 is 52.4 Å². The number of benzene rings is 1. The molecule has 0 amide bonds. The van der Waals surface area contributed by atoms with Crippen LogP contribution in [-0.4, -0.2) is 15.3 Å². The zero-order chi connectivity index (χ0) is 12.9. The van der Waals surface area contributed by atoms with E-state index in [1.807, 2.05) is 30.3 Å². The number of allylic oxidation sites excluding steroid dienone is 1. The topological polar surface area (TPSA) is 40.9 Å². The lowest BCUT2D eigenvalue weighted by Gasteiger charge is -2.10. The molecule has 1 N–H and O–H groups in total. The fraction of sp³-hybridized carbons (Fsp3) is 0.167. The zero-order valence-corrected chi connectivity index (χ0v) is 11.1. The Balaban J connectivity index is 2.57. The van der Waals surface area contributed by atoms with Gasteiger partial charge in [0.15, 0.2) is 5.78 Å². The van der Waals surface area contributed by atoms with Crippen LogP contribution in [0.2, 0.25) is 0 Å². The number of rotatable bonds is 4. The number of carbonyl (C=O) groups is 1. The van der Waals surface area contributed by atoms with E-state index in [0.717, 1.165) is 5.56 Å². The fourth-order valence-corrected chi connectivity index (χ4v) is 1.29. The summed E-state index contributed by atoms with van der Waals surface area (Å²) in [5.74, 6) is -0.273. The van der Waals surface area contributed by atoms with Gasteiger partial charge < -0.3 is 5.41 Å². The van der Waals surface area contributed by atoms with Crippen molar-refractivity contribution in [3.8, 4) is 0 Å². The van der Waals surface area contributed by atoms with Gasteiger partial charge in [0.25, 0.3) is 0 Å². The summed E-state index contributed by atoms with van der Waals surface area (Å²) in [6.45, 7) is 0. The molecule has 0 unspecified atom stereocenters. The molecule has 1 rings (SSSR count). The molecule has 2 nitrogen and oxygen atoms in total. The van der Waals surface area contributed by atoms with E-state index in [1.54, 1.807) is 6.08 Å². The van der Waals surface area contributed by atoms with Crippen LogP contribution in [0.4, 0.5) is 0 Å². The van der Waals surface area contributed by atoms with Crippen molar-refractivity contribution in [3.63, 3.8) is 0 Å². The number of ketones is 1. The zero-order valence-electron chi connectivity index (χ0n) is 8.79. The van der Waals surface area contributed by atoms with Crippen LogP contribution >= 0.6 is 34.8 Å². The average Bonchev–Trinajstić information content (AvgIpc) is 2.26. The van der Waals surface area contributed by atoms with Gasteiger partial charge in [-0.25, -0.2) is 0 Å². The predicted molar refractivity (Wildman–Crippen MR) is 73.1 cm³/mol. The number of hydrogen-bond donors (Lipinski definition) is 1. The first-order valence-corrected chi connectivity index (χ1v) is 5.93. The van der Waals surface area contributed by atoms with E-state index >= 15 is 0 Å². The van der Waals surface area contributed by atoms with Crippen molar-refractivity contribution in [3.05, 3.63) is 42.0 Å². The Bertz CT molecular complexity index is 435. The first-order valence-electron chi connectivity index (χ1n) is 4.80. The Morgan fingerprint density at radius 1 is 1.24 bits per heavy atom. The third-order valence-corrected chi connectivity index (χ3v) is 2.64. The molecule has 0 heterocycles. The van der Waals surface area contributed by atoms with Gasteiger partial charge in [0.1, 0.15) is 0 Å². The molecule has 1 aromatic rings. The predicted octanol–water partition coefficient (Wildman–Crippen LogP) is 4.05. The van der Waals surface area contributed by atoms with Crippen molar-refractivity contribution in [2.45, 2.75) is 10.2 Å². The van der Waals surface area contributed by atoms with Crippen LogP contribution in [-0.2, 0) is 4.79 Å². The molecular weight excluding hydrogens is 280 g/mol. The SMILES string of the molecule is N=C(CC(=O)/C=C/c1ccccc1)C(Cl)(Cl)Cl. The van der Waals surface area contributed by atoms with E-state index in [2.05, 4.69) is 0 Å². The van der Waals surface area contributed by atoms with E-state index in [4.69, 9.17) is 40.2 Å². The van der Waals surface area contributed by atoms with E-state index in [0.29, 0.717) is 0 Å². The summed E-state index contributed by atoms with van der Waals surface area (Å²) in [5, 5.41) is 7.40. The van der Waals surface area contributed by atoms with Gasteiger partial charge in [-0.2, -0.15) is 0 Å². The highest BCUT2D eigenvalue weighted by Crippen LogP contribution is 2.28. The summed E-state index contributed by atoms with van der Waals surface area (Å²) < 4.78 is -1.81. The molecule has 0 aliphatic rings. The second-order valence-corrected chi connectivity index (χ2v) is 5.64. The first kappa shape index (κ1) is 14.2. The van der Waals surface area contributed by atoms with E-state index < -0.39 is 3.79 Å². The Labute approximate surface area is 115 Å². The Kier molecular flexibility index (Phi) is 5.19. The molecule has 0 aromatic heterocycles. The van der Waals surface area contributed by atoms with Crippen molar-refractivity contribution in [2.75, 3.05) is 0 Å². The van der Waals surface area contributed by atoms with Gasteiger partial charge in [-0.05, 0) is 11.6 Å². The van der Waals surface area contributed by atoms with E-state index in [9.17, 15) is 4.79 Å². The van der Waals surface area contributed by atoms with Crippen molar-refractivity contribution in [2.24, 2.45) is 0 Å². The molecule has 5 heteroatoms. The molecule has 0 aliphatic carbocycles. The molecule has 0 saturated heterocycles. The molecule has 0 saturated carbocycles. The molecule has 1 aromatic carbocycles. The lowest BCUT2D eigenvalue weighted by atomic mass is 10.1. The highest BCUT2D eigenvalue weighted by molar-refractivity contribution is 6.77. The summed E-state index contributed by atoms with van der Waals surface area (Å²) in [4.78, 5) is 11.5. The molecule has 0 atom stereocenters. The Morgan fingerprint density at radius 2 is 1.82 bits per heavy atom. The maximum atomic E-state index is 11.5. The second-order valence-electron chi connectivity index (χ2n) is 3.36. The average molecular weight is 291 g/mol. The summed E-state index contributed by atoms with van der Waals surface area (Å²) in [7, 11) is 0. The van der Waals surface area contributed by atoms with Crippen LogP contribution in [0, 0.1) is 5.41 Å². The molecule has 0 aliphatic heterocycles. The summed E-state index contributed by atoms with van der Waals surface area (Å²) in [6.07, 6.45) is 2.84. The number of hydrogen-bond acceptors (Lipinski definition) is 2. The molecule has 17 heavy (non-hydrogen) atoms. The molecule has 0 fully saturated rings. The van der Waals surface area contributed by atoms with Gasteiger partial charge in [-0.3, -0.25) is 4.79 Å². The van der Waals surface area contributed by atoms with E-state index in [-0.39, 0.29) is 17.9 Å². The normalized spacial score (nSPS) is 11.7. The smallest absolute Gasteiger partial charge is 0.228 e. The quantitative estimate of drug-likeness (QED) is 0.507. The van der Waals surface area contributed by atoms with Gasteiger partial charge in [-0.1, -0.05) is 71.2 Å². The standard InChI is InChI=1S/C12H10Cl3NO/c13-12(14,15)11(16)8-10(17)7-6-9-4-2-1-3-5-9/h1-7,16H,8H2/b7-6+,16-11?. The molecule has 90 valence electrons. The second kappa shape index (κ2) is 6.20. The van der Waals surface area contributed by atoms with Crippen molar-refractivity contribution in [1.29, 1.82) is 5.41 Å². The van der Waals surface area contributed by atoms with Crippen LogP contribution in [0.5, 0.6) is 0 Å². The highest BCUT2D eigenvalue weighted by Gasteiger charge is 2.27. The van der Waals surface area contributed by atoms with Gasteiger partial charge in [0.05, 0.1) is 12.1 Å². The van der Waals surface area contributed by atoms with Gasteiger partial charge >= 0.3 is 0 Å². The van der Waals surface area contributed by atoms with Crippen LogP contribution in [0.3, 0.4) is 0 Å². The lowest BCUT2D eigenvalue weighted by Crippen LogP contribution is -2.20. The summed E-state index contributed by atoms with van der Waals surface area (Å²) in [5.41, 5.74) is 0.673. The molecule has 0 bridgehead atoms. The number of nitrogens with one attached hydrogen (secondary N) is 1. The summed E-state index contributed by atoms with van der Waals surface area (Å²) >= 11 is 16.4. The van der Waals surface area contributed by atoms with E-state index in [1.165, 1.54) is 6.08 Å². The van der Waals surface area contributed by atoms with Gasteiger partial charge in [0, 0.05) is 0 Å². The Hall–Kier alpha value is -0.830.